The highest BCUT2D eigenvalue weighted by Crippen LogP contribution is 2.32. The van der Waals surface area contributed by atoms with E-state index in [2.05, 4.69) is 24.0 Å². The van der Waals surface area contributed by atoms with Gasteiger partial charge in [0.15, 0.2) is 0 Å². The summed E-state index contributed by atoms with van der Waals surface area (Å²) in [4.78, 5) is 18.5. The third-order valence-electron chi connectivity index (χ3n) is 5.08. The van der Waals surface area contributed by atoms with Crippen LogP contribution in [-0.2, 0) is 4.79 Å². The molecule has 0 aliphatic carbocycles. The third-order valence-corrected chi connectivity index (χ3v) is 5.08. The molecule has 4 rings (SSSR count). The van der Waals surface area contributed by atoms with Crippen LogP contribution >= 0.6 is 0 Å². The standard InChI is InChI=1S/C23H24FN3O3/c1-14(2)13-29-19-8-5-16(6-9-19)22-25-23(30-26-22)17-10-21(28)27(12-17)18-7-4-15(3)20(24)11-18/h4-9,11,14,17H,10,12-13H2,1-3H3. The predicted octanol–water partition coefficient (Wildman–Crippen LogP) is 4.74. The Balaban J connectivity index is 1.46. The van der Waals surface area contributed by atoms with Gasteiger partial charge in [0.1, 0.15) is 11.6 Å². The lowest BCUT2D eigenvalue weighted by Gasteiger charge is -2.16. The van der Waals surface area contributed by atoms with E-state index in [1.54, 1.807) is 24.0 Å². The largest absolute Gasteiger partial charge is 0.493 e. The molecule has 1 aliphatic heterocycles. The number of ether oxygens (including phenoxy) is 1. The second kappa shape index (κ2) is 8.26. The molecule has 1 aromatic heterocycles. The Kier molecular flexibility index (Phi) is 5.53. The average Bonchev–Trinajstić information content (AvgIpc) is 3.36. The number of halogens is 1. The fourth-order valence-electron chi connectivity index (χ4n) is 3.35. The second-order valence-corrected chi connectivity index (χ2v) is 8.02. The topological polar surface area (TPSA) is 68.5 Å². The van der Waals surface area contributed by atoms with Crippen molar-refractivity contribution in [2.75, 3.05) is 18.1 Å². The monoisotopic (exact) mass is 409 g/mol. The molecule has 0 bridgehead atoms. The maximum absolute atomic E-state index is 13.9. The molecule has 1 saturated heterocycles. The van der Waals surface area contributed by atoms with Crippen molar-refractivity contribution in [1.29, 1.82) is 0 Å². The van der Waals surface area contributed by atoms with Crippen LogP contribution in [0.25, 0.3) is 11.4 Å². The van der Waals surface area contributed by atoms with E-state index >= 15 is 0 Å². The molecule has 1 atom stereocenters. The molecule has 0 radical (unpaired) electrons. The molecule has 1 aliphatic rings. The Hall–Kier alpha value is -3.22. The molecular formula is C23H24FN3O3. The SMILES string of the molecule is Cc1ccc(N2CC(c3nc(-c4ccc(OCC(C)C)cc4)no3)CC2=O)cc1F. The number of benzene rings is 2. The fraction of sp³-hybridized carbons (Fsp3) is 0.348. The van der Waals surface area contributed by atoms with Crippen molar-refractivity contribution < 1.29 is 18.4 Å². The number of hydrogen-bond acceptors (Lipinski definition) is 5. The molecule has 7 heteroatoms. The molecule has 3 aromatic rings. The maximum atomic E-state index is 13.9. The van der Waals surface area contributed by atoms with Crippen molar-refractivity contribution >= 4 is 11.6 Å². The third kappa shape index (κ3) is 4.20. The van der Waals surface area contributed by atoms with Crippen LogP contribution in [0.4, 0.5) is 10.1 Å². The summed E-state index contributed by atoms with van der Waals surface area (Å²) < 4.78 is 25.0. The van der Waals surface area contributed by atoms with Gasteiger partial charge in [0.2, 0.25) is 17.6 Å². The first-order valence-electron chi connectivity index (χ1n) is 10.0. The molecule has 156 valence electrons. The molecule has 1 amide bonds. The minimum absolute atomic E-state index is 0.0883. The van der Waals surface area contributed by atoms with Crippen molar-refractivity contribution in [3.05, 3.63) is 59.7 Å². The van der Waals surface area contributed by atoms with Crippen LogP contribution in [0.1, 0.15) is 37.6 Å². The van der Waals surface area contributed by atoms with Crippen LogP contribution in [0.15, 0.2) is 47.0 Å². The normalized spacial score (nSPS) is 16.5. The molecule has 2 heterocycles. The highest BCUT2D eigenvalue weighted by atomic mass is 19.1. The molecule has 6 nitrogen and oxygen atoms in total. The van der Waals surface area contributed by atoms with Gasteiger partial charge >= 0.3 is 0 Å². The minimum Gasteiger partial charge on any atom is -0.493 e. The van der Waals surface area contributed by atoms with Crippen molar-refractivity contribution in [3.63, 3.8) is 0 Å². The van der Waals surface area contributed by atoms with Crippen molar-refractivity contribution in [1.82, 2.24) is 10.1 Å². The van der Waals surface area contributed by atoms with Gasteiger partial charge in [-0.15, -0.1) is 0 Å². The minimum atomic E-state index is -0.329. The lowest BCUT2D eigenvalue weighted by molar-refractivity contribution is -0.117. The van der Waals surface area contributed by atoms with E-state index in [-0.39, 0.29) is 24.1 Å². The molecule has 0 spiro atoms. The zero-order chi connectivity index (χ0) is 21.3. The van der Waals surface area contributed by atoms with E-state index in [1.165, 1.54) is 6.07 Å². The van der Waals surface area contributed by atoms with E-state index in [0.29, 0.717) is 42.0 Å². The number of carbonyl (C=O) groups excluding carboxylic acids is 1. The summed E-state index contributed by atoms with van der Waals surface area (Å²) >= 11 is 0. The Bertz CT molecular complexity index is 1050. The van der Waals surface area contributed by atoms with Crippen molar-refractivity contribution in [3.8, 4) is 17.1 Å². The molecule has 1 unspecified atom stereocenters. The first kappa shape index (κ1) is 20.1. The van der Waals surface area contributed by atoms with Crippen LogP contribution in [0, 0.1) is 18.7 Å². The number of hydrogen-bond donors (Lipinski definition) is 0. The summed E-state index contributed by atoms with van der Waals surface area (Å²) in [5.74, 6) is 1.48. The van der Waals surface area contributed by atoms with Crippen LogP contribution < -0.4 is 9.64 Å². The number of rotatable bonds is 6. The van der Waals surface area contributed by atoms with Gasteiger partial charge in [-0.2, -0.15) is 4.98 Å². The average molecular weight is 409 g/mol. The van der Waals surface area contributed by atoms with E-state index < -0.39 is 0 Å². The lowest BCUT2D eigenvalue weighted by atomic mass is 10.1. The van der Waals surface area contributed by atoms with Crippen LogP contribution in [0.2, 0.25) is 0 Å². The Morgan fingerprint density at radius 1 is 1.23 bits per heavy atom. The number of carbonyl (C=O) groups is 1. The molecular weight excluding hydrogens is 385 g/mol. The molecule has 2 aromatic carbocycles. The Labute approximate surface area is 174 Å². The van der Waals surface area contributed by atoms with Crippen LogP contribution in [0.5, 0.6) is 5.75 Å². The number of anilines is 1. The van der Waals surface area contributed by atoms with E-state index in [0.717, 1.165) is 11.3 Å². The van der Waals surface area contributed by atoms with Crippen LogP contribution in [-0.4, -0.2) is 29.2 Å². The lowest BCUT2D eigenvalue weighted by Crippen LogP contribution is -2.24. The summed E-state index contributed by atoms with van der Waals surface area (Å²) in [5.41, 5.74) is 1.90. The zero-order valence-electron chi connectivity index (χ0n) is 17.3. The van der Waals surface area contributed by atoms with Gasteiger partial charge < -0.3 is 14.2 Å². The molecule has 0 N–H and O–H groups in total. The summed E-state index contributed by atoms with van der Waals surface area (Å²) in [5, 5.41) is 4.07. The first-order chi connectivity index (χ1) is 14.4. The second-order valence-electron chi connectivity index (χ2n) is 8.02. The van der Waals surface area contributed by atoms with Gasteiger partial charge in [-0.3, -0.25) is 4.79 Å². The van der Waals surface area contributed by atoms with Gasteiger partial charge in [0.05, 0.1) is 12.5 Å². The zero-order valence-corrected chi connectivity index (χ0v) is 17.3. The summed E-state index contributed by atoms with van der Waals surface area (Å²) in [6, 6.07) is 12.3. The summed E-state index contributed by atoms with van der Waals surface area (Å²) in [7, 11) is 0. The maximum Gasteiger partial charge on any atom is 0.232 e. The highest BCUT2D eigenvalue weighted by Gasteiger charge is 2.35. The number of nitrogens with zero attached hydrogens (tertiary/aromatic N) is 3. The van der Waals surface area contributed by atoms with Gasteiger partial charge in [-0.05, 0) is 54.8 Å². The molecule has 1 fully saturated rings. The van der Waals surface area contributed by atoms with Gasteiger partial charge in [-0.1, -0.05) is 25.1 Å². The van der Waals surface area contributed by atoms with E-state index in [9.17, 15) is 9.18 Å². The smallest absolute Gasteiger partial charge is 0.232 e. The van der Waals surface area contributed by atoms with E-state index in [4.69, 9.17) is 9.26 Å². The molecule has 30 heavy (non-hydrogen) atoms. The Morgan fingerprint density at radius 2 is 2.00 bits per heavy atom. The Morgan fingerprint density at radius 3 is 2.70 bits per heavy atom. The van der Waals surface area contributed by atoms with Crippen molar-refractivity contribution in [2.24, 2.45) is 5.92 Å². The number of aromatic nitrogens is 2. The van der Waals surface area contributed by atoms with Crippen LogP contribution in [0.3, 0.4) is 0 Å². The fourth-order valence-corrected chi connectivity index (χ4v) is 3.35. The van der Waals surface area contributed by atoms with E-state index in [1.807, 2.05) is 24.3 Å². The summed E-state index contributed by atoms with van der Waals surface area (Å²) in [6.07, 6.45) is 0.249. The summed E-state index contributed by atoms with van der Waals surface area (Å²) in [6.45, 7) is 6.92. The first-order valence-corrected chi connectivity index (χ1v) is 10.0. The van der Waals surface area contributed by atoms with Crippen molar-refractivity contribution in [2.45, 2.75) is 33.1 Å². The van der Waals surface area contributed by atoms with Gasteiger partial charge in [0.25, 0.3) is 0 Å². The highest BCUT2D eigenvalue weighted by molar-refractivity contribution is 5.96. The van der Waals surface area contributed by atoms with Gasteiger partial charge in [0, 0.05) is 24.2 Å². The number of aryl methyl sites for hydroxylation is 1. The quantitative estimate of drug-likeness (QED) is 0.588. The predicted molar refractivity (Wildman–Crippen MR) is 111 cm³/mol. The molecule has 0 saturated carbocycles. The number of amides is 1. The van der Waals surface area contributed by atoms with Gasteiger partial charge in [-0.25, -0.2) is 4.39 Å².